The molecular formula is C18H10ClS2. The second kappa shape index (κ2) is 5.30. The number of hydrogen-bond acceptors (Lipinski definition) is 2. The molecule has 1 radical (unpaired) electrons. The highest BCUT2D eigenvalue weighted by atomic mass is 35.5. The Labute approximate surface area is 136 Å². The van der Waals surface area contributed by atoms with Gasteiger partial charge in [0.05, 0.1) is 5.02 Å². The van der Waals surface area contributed by atoms with Crippen molar-refractivity contribution in [3.05, 3.63) is 70.4 Å². The number of hydrogen-bond donors (Lipinski definition) is 0. The molecule has 0 N–H and O–H groups in total. The highest BCUT2D eigenvalue weighted by Gasteiger charge is 2.13. The normalized spacial score (nSPS) is 11.1. The largest absolute Gasteiger partial charge is 0.143 e. The Balaban J connectivity index is 1.96. The average molecular weight is 326 g/mol. The molecule has 0 saturated carbocycles. The molecular weight excluding hydrogens is 316 g/mol. The number of halogens is 1. The molecule has 0 atom stereocenters. The van der Waals surface area contributed by atoms with Crippen LogP contribution in [0.15, 0.2) is 59.3 Å². The van der Waals surface area contributed by atoms with E-state index in [1.165, 1.54) is 31.7 Å². The van der Waals surface area contributed by atoms with Crippen molar-refractivity contribution >= 4 is 45.0 Å². The fourth-order valence-electron chi connectivity index (χ4n) is 2.50. The highest BCUT2D eigenvalue weighted by molar-refractivity contribution is 7.17. The average Bonchev–Trinajstić information content (AvgIpc) is 3.15. The summed E-state index contributed by atoms with van der Waals surface area (Å²) in [4.78, 5) is 2.46. The van der Waals surface area contributed by atoms with Gasteiger partial charge in [0, 0.05) is 26.3 Å². The van der Waals surface area contributed by atoms with Crippen LogP contribution in [0.2, 0.25) is 5.02 Å². The van der Waals surface area contributed by atoms with Crippen LogP contribution < -0.4 is 0 Å². The second-order valence-corrected chi connectivity index (χ2v) is 7.00. The van der Waals surface area contributed by atoms with Crippen molar-refractivity contribution < 1.29 is 0 Å². The van der Waals surface area contributed by atoms with Crippen LogP contribution in [0, 0.1) is 6.07 Å². The quantitative estimate of drug-likeness (QED) is 0.382. The minimum absolute atomic E-state index is 0.800. The minimum Gasteiger partial charge on any atom is -0.143 e. The summed E-state index contributed by atoms with van der Waals surface area (Å²) in [6.07, 6.45) is 0. The van der Waals surface area contributed by atoms with E-state index in [1.807, 2.05) is 17.5 Å². The molecule has 101 valence electrons. The summed E-state index contributed by atoms with van der Waals surface area (Å²) >= 11 is 9.51. The smallest absolute Gasteiger partial charge is 0.0519 e. The lowest BCUT2D eigenvalue weighted by Gasteiger charge is -2.06. The summed E-state index contributed by atoms with van der Waals surface area (Å²) in [6, 6.07) is 20.2. The van der Waals surface area contributed by atoms with Crippen LogP contribution in [0.1, 0.15) is 0 Å². The third-order valence-corrected chi connectivity index (χ3v) is 5.69. The monoisotopic (exact) mass is 325 g/mol. The lowest BCUT2D eigenvalue weighted by molar-refractivity contribution is 1.72. The van der Waals surface area contributed by atoms with Crippen LogP contribution in [-0.2, 0) is 0 Å². The second-order valence-electron chi connectivity index (χ2n) is 4.73. The van der Waals surface area contributed by atoms with Crippen LogP contribution >= 0.6 is 34.3 Å². The zero-order valence-electron chi connectivity index (χ0n) is 11.0. The van der Waals surface area contributed by atoms with Crippen molar-refractivity contribution in [2.24, 2.45) is 0 Å². The van der Waals surface area contributed by atoms with Gasteiger partial charge in [-0.2, -0.15) is 0 Å². The maximum atomic E-state index is 6.08. The van der Waals surface area contributed by atoms with E-state index >= 15 is 0 Å². The lowest BCUT2D eigenvalue weighted by Crippen LogP contribution is -1.80. The summed E-state index contributed by atoms with van der Waals surface area (Å²) < 4.78 is 0. The Morgan fingerprint density at radius 2 is 1.90 bits per heavy atom. The van der Waals surface area contributed by atoms with Crippen LogP contribution in [0.3, 0.4) is 0 Å². The summed E-state index contributed by atoms with van der Waals surface area (Å²) in [7, 11) is 0. The van der Waals surface area contributed by atoms with Crippen molar-refractivity contribution in [1.82, 2.24) is 0 Å². The Bertz CT molecular complexity index is 912. The van der Waals surface area contributed by atoms with Gasteiger partial charge in [-0.05, 0) is 34.4 Å². The molecule has 2 aromatic heterocycles. The zero-order valence-corrected chi connectivity index (χ0v) is 13.4. The Kier molecular flexibility index (Phi) is 3.30. The first kappa shape index (κ1) is 13.1. The van der Waals surface area contributed by atoms with Crippen LogP contribution in [0.25, 0.3) is 31.7 Å². The number of thiophene rings is 2. The van der Waals surface area contributed by atoms with Gasteiger partial charge in [-0.15, -0.1) is 22.7 Å². The van der Waals surface area contributed by atoms with Gasteiger partial charge < -0.3 is 0 Å². The predicted octanol–water partition coefficient (Wildman–Crippen LogP) is 6.75. The van der Waals surface area contributed by atoms with Gasteiger partial charge in [0.25, 0.3) is 0 Å². The Morgan fingerprint density at radius 1 is 1.00 bits per heavy atom. The molecule has 0 aliphatic heterocycles. The van der Waals surface area contributed by atoms with Gasteiger partial charge in [-0.25, -0.2) is 0 Å². The molecule has 2 aromatic carbocycles. The van der Waals surface area contributed by atoms with Crippen LogP contribution in [0.4, 0.5) is 0 Å². The molecule has 0 unspecified atom stereocenters. The molecule has 0 bridgehead atoms. The van der Waals surface area contributed by atoms with E-state index in [-0.39, 0.29) is 0 Å². The molecule has 0 nitrogen and oxygen atoms in total. The third-order valence-electron chi connectivity index (χ3n) is 3.45. The first-order valence-corrected chi connectivity index (χ1v) is 8.68. The molecule has 0 spiro atoms. The summed E-state index contributed by atoms with van der Waals surface area (Å²) in [5, 5.41) is 7.40. The third kappa shape index (κ3) is 2.30. The van der Waals surface area contributed by atoms with Crippen LogP contribution in [-0.4, -0.2) is 0 Å². The van der Waals surface area contributed by atoms with Gasteiger partial charge in [0.2, 0.25) is 0 Å². The van der Waals surface area contributed by atoms with Gasteiger partial charge >= 0.3 is 0 Å². The van der Waals surface area contributed by atoms with Gasteiger partial charge in [0.15, 0.2) is 0 Å². The van der Waals surface area contributed by atoms with E-state index in [1.54, 1.807) is 22.7 Å². The summed E-state index contributed by atoms with van der Waals surface area (Å²) in [6.45, 7) is 0. The molecule has 0 fully saturated rings. The fraction of sp³-hybridized carbons (Fsp3) is 0. The van der Waals surface area contributed by atoms with Crippen molar-refractivity contribution in [2.45, 2.75) is 0 Å². The molecule has 0 amide bonds. The Hall–Kier alpha value is -1.61. The van der Waals surface area contributed by atoms with E-state index < -0.39 is 0 Å². The van der Waals surface area contributed by atoms with Gasteiger partial charge in [-0.1, -0.05) is 48.0 Å². The minimum atomic E-state index is 0.800. The molecule has 0 aliphatic rings. The molecule has 21 heavy (non-hydrogen) atoms. The maximum absolute atomic E-state index is 6.08. The molecule has 4 aromatic rings. The van der Waals surface area contributed by atoms with Crippen molar-refractivity contribution in [3.63, 3.8) is 0 Å². The van der Waals surface area contributed by atoms with E-state index in [0.717, 1.165) is 5.02 Å². The lowest BCUT2D eigenvalue weighted by atomic mass is 10.0. The number of rotatable bonds is 2. The topological polar surface area (TPSA) is 0 Å². The maximum Gasteiger partial charge on any atom is 0.0519 e. The molecule has 0 saturated heterocycles. The van der Waals surface area contributed by atoms with Crippen molar-refractivity contribution in [2.75, 3.05) is 0 Å². The molecule has 4 rings (SSSR count). The van der Waals surface area contributed by atoms with Gasteiger partial charge in [-0.3, -0.25) is 0 Å². The van der Waals surface area contributed by atoms with E-state index in [4.69, 9.17) is 11.6 Å². The zero-order chi connectivity index (χ0) is 14.2. The molecule has 2 heterocycles. The number of benzene rings is 2. The summed E-state index contributed by atoms with van der Waals surface area (Å²) in [5.74, 6) is 0. The van der Waals surface area contributed by atoms with Crippen molar-refractivity contribution in [1.29, 1.82) is 0 Å². The first-order chi connectivity index (χ1) is 10.3. The summed E-state index contributed by atoms with van der Waals surface area (Å²) in [5.41, 5.74) is 2.41. The first-order valence-electron chi connectivity index (χ1n) is 6.54. The molecule has 0 aliphatic carbocycles. The standard InChI is InChI=1S/C18H10ClS2/c19-13-10-17(21-11-13)16-8-9-20-18(16)15-7-3-5-12-4-1-2-6-14(12)15/h1-6,8-11H. The van der Waals surface area contributed by atoms with Crippen molar-refractivity contribution in [3.8, 4) is 20.9 Å². The SMILES string of the molecule is Clc1csc(-c2ccsc2-c2[c]ccc3ccccc23)c1. The Morgan fingerprint density at radius 3 is 2.76 bits per heavy atom. The highest BCUT2D eigenvalue weighted by Crippen LogP contribution is 2.42. The van der Waals surface area contributed by atoms with E-state index in [9.17, 15) is 0 Å². The predicted molar refractivity (Wildman–Crippen MR) is 94.4 cm³/mol. The number of fused-ring (bicyclic) bond motifs is 1. The van der Waals surface area contributed by atoms with Gasteiger partial charge in [0.1, 0.15) is 0 Å². The van der Waals surface area contributed by atoms with Crippen LogP contribution in [0.5, 0.6) is 0 Å². The molecule has 3 heteroatoms. The van der Waals surface area contributed by atoms with E-state index in [0.29, 0.717) is 0 Å². The fourth-order valence-corrected chi connectivity index (χ4v) is 4.61. The van der Waals surface area contributed by atoms with E-state index in [2.05, 4.69) is 47.8 Å².